The van der Waals surface area contributed by atoms with Crippen molar-refractivity contribution in [1.82, 2.24) is 0 Å². The normalized spacial score (nSPS) is 9.96. The largest absolute Gasteiger partial charge is 0.497 e. The standard InChI is InChI=1S/C16H13NO6/c1-22-14-7-5-11(6-8-14)15(18)10-23-16(19)12-3-2-4-13(9-12)17(20)21/h2-9H,10H2,1H3. The van der Waals surface area contributed by atoms with Crippen LogP contribution in [0.5, 0.6) is 5.75 Å². The van der Waals surface area contributed by atoms with Crippen LogP contribution in [0.1, 0.15) is 20.7 Å². The van der Waals surface area contributed by atoms with Gasteiger partial charge in [0.25, 0.3) is 5.69 Å². The zero-order chi connectivity index (χ0) is 16.8. The maximum Gasteiger partial charge on any atom is 0.338 e. The highest BCUT2D eigenvalue weighted by Gasteiger charge is 2.15. The van der Waals surface area contributed by atoms with E-state index in [2.05, 4.69) is 0 Å². The van der Waals surface area contributed by atoms with Crippen molar-refractivity contribution in [3.05, 3.63) is 69.8 Å². The Hall–Kier alpha value is -3.22. The van der Waals surface area contributed by atoms with Crippen molar-refractivity contribution in [2.75, 3.05) is 13.7 Å². The van der Waals surface area contributed by atoms with Gasteiger partial charge in [0.15, 0.2) is 12.4 Å². The minimum atomic E-state index is -0.796. The van der Waals surface area contributed by atoms with Crippen LogP contribution in [0.15, 0.2) is 48.5 Å². The van der Waals surface area contributed by atoms with Gasteiger partial charge in [-0.3, -0.25) is 14.9 Å². The number of non-ortho nitro benzene ring substituents is 1. The molecular formula is C16H13NO6. The summed E-state index contributed by atoms with van der Waals surface area (Å²) in [5.74, 6) is -0.572. The number of rotatable bonds is 6. The molecule has 0 aliphatic heterocycles. The van der Waals surface area contributed by atoms with Gasteiger partial charge in [-0.15, -0.1) is 0 Å². The van der Waals surface area contributed by atoms with Gasteiger partial charge >= 0.3 is 5.97 Å². The summed E-state index contributed by atoms with van der Waals surface area (Å²) in [5, 5.41) is 10.7. The number of carbonyl (C=O) groups is 2. The summed E-state index contributed by atoms with van der Waals surface area (Å²) in [6.07, 6.45) is 0. The molecule has 0 saturated carbocycles. The van der Waals surface area contributed by atoms with Gasteiger partial charge in [-0.25, -0.2) is 4.79 Å². The molecule has 2 aromatic rings. The van der Waals surface area contributed by atoms with Crippen molar-refractivity contribution in [3.8, 4) is 5.75 Å². The lowest BCUT2D eigenvalue weighted by atomic mass is 10.1. The van der Waals surface area contributed by atoms with Gasteiger partial charge in [-0.05, 0) is 30.3 Å². The Bertz CT molecular complexity index is 738. The lowest BCUT2D eigenvalue weighted by Crippen LogP contribution is -2.14. The molecule has 0 bridgehead atoms. The van der Waals surface area contributed by atoms with Crippen LogP contribution in [0.25, 0.3) is 0 Å². The van der Waals surface area contributed by atoms with E-state index in [1.54, 1.807) is 24.3 Å². The first-order valence-electron chi connectivity index (χ1n) is 6.60. The predicted octanol–water partition coefficient (Wildman–Crippen LogP) is 2.64. The number of hydrogen-bond donors (Lipinski definition) is 0. The molecule has 2 rings (SSSR count). The van der Waals surface area contributed by atoms with Crippen molar-refractivity contribution in [2.24, 2.45) is 0 Å². The van der Waals surface area contributed by atoms with E-state index in [-0.39, 0.29) is 17.0 Å². The van der Waals surface area contributed by atoms with E-state index in [1.807, 2.05) is 0 Å². The predicted molar refractivity (Wildman–Crippen MR) is 80.7 cm³/mol. The molecule has 7 nitrogen and oxygen atoms in total. The van der Waals surface area contributed by atoms with Crippen LogP contribution in [-0.2, 0) is 4.74 Å². The van der Waals surface area contributed by atoms with Crippen molar-refractivity contribution < 1.29 is 24.0 Å². The average molecular weight is 315 g/mol. The Labute approximate surface area is 131 Å². The fourth-order valence-corrected chi connectivity index (χ4v) is 1.82. The first-order chi connectivity index (χ1) is 11.0. The monoisotopic (exact) mass is 315 g/mol. The Kier molecular flexibility index (Phi) is 5.03. The minimum Gasteiger partial charge on any atom is -0.497 e. The van der Waals surface area contributed by atoms with E-state index in [1.165, 1.54) is 25.3 Å². The summed E-state index contributed by atoms with van der Waals surface area (Å²) in [6, 6.07) is 11.5. The van der Waals surface area contributed by atoms with E-state index in [9.17, 15) is 19.7 Å². The van der Waals surface area contributed by atoms with Crippen molar-refractivity contribution in [1.29, 1.82) is 0 Å². The molecule has 0 aromatic heterocycles. The van der Waals surface area contributed by atoms with Gasteiger partial charge in [-0.2, -0.15) is 0 Å². The molecule has 118 valence electrons. The van der Waals surface area contributed by atoms with Gasteiger partial charge < -0.3 is 9.47 Å². The summed E-state index contributed by atoms with van der Waals surface area (Å²) in [7, 11) is 1.51. The van der Waals surface area contributed by atoms with E-state index in [0.717, 1.165) is 6.07 Å². The summed E-state index contributed by atoms with van der Waals surface area (Å²) < 4.78 is 9.88. The topological polar surface area (TPSA) is 95.7 Å². The number of ether oxygens (including phenoxy) is 2. The molecule has 0 aliphatic rings. The van der Waals surface area contributed by atoms with Gasteiger partial charge in [0, 0.05) is 17.7 Å². The van der Waals surface area contributed by atoms with Gasteiger partial charge in [0.1, 0.15) is 5.75 Å². The Morgan fingerprint density at radius 1 is 1.09 bits per heavy atom. The average Bonchev–Trinajstić information content (AvgIpc) is 2.59. The van der Waals surface area contributed by atoms with Crippen LogP contribution in [0.2, 0.25) is 0 Å². The first kappa shape index (κ1) is 16.2. The van der Waals surface area contributed by atoms with Crippen LogP contribution in [0.4, 0.5) is 5.69 Å². The zero-order valence-electron chi connectivity index (χ0n) is 12.2. The smallest absolute Gasteiger partial charge is 0.338 e. The molecule has 23 heavy (non-hydrogen) atoms. The van der Waals surface area contributed by atoms with Crippen LogP contribution in [-0.4, -0.2) is 30.4 Å². The third-order valence-corrected chi connectivity index (χ3v) is 3.04. The van der Waals surface area contributed by atoms with E-state index in [4.69, 9.17) is 9.47 Å². The molecule has 0 saturated heterocycles. The minimum absolute atomic E-state index is 0.0155. The number of hydrogen-bond acceptors (Lipinski definition) is 6. The molecule has 0 heterocycles. The number of carbonyl (C=O) groups excluding carboxylic acids is 2. The van der Waals surface area contributed by atoms with Crippen molar-refractivity contribution in [2.45, 2.75) is 0 Å². The van der Waals surface area contributed by atoms with E-state index < -0.39 is 17.5 Å². The van der Waals surface area contributed by atoms with Gasteiger partial charge in [0.05, 0.1) is 17.6 Å². The molecule has 0 amide bonds. The maximum absolute atomic E-state index is 11.9. The van der Waals surface area contributed by atoms with E-state index in [0.29, 0.717) is 11.3 Å². The van der Waals surface area contributed by atoms with Gasteiger partial charge in [-0.1, -0.05) is 6.07 Å². The van der Waals surface area contributed by atoms with Crippen molar-refractivity contribution in [3.63, 3.8) is 0 Å². The number of ketones is 1. The summed E-state index contributed by atoms with van der Waals surface area (Å²) >= 11 is 0. The number of nitro groups is 1. The third kappa shape index (κ3) is 4.13. The quantitative estimate of drug-likeness (QED) is 0.352. The number of Topliss-reactive ketones (excluding diaryl/α,β-unsaturated/α-hetero) is 1. The molecule has 0 aliphatic carbocycles. The van der Waals surface area contributed by atoms with Crippen LogP contribution in [0, 0.1) is 10.1 Å². The van der Waals surface area contributed by atoms with E-state index >= 15 is 0 Å². The molecule has 0 N–H and O–H groups in total. The highest BCUT2D eigenvalue weighted by atomic mass is 16.6. The number of methoxy groups -OCH3 is 1. The third-order valence-electron chi connectivity index (χ3n) is 3.04. The van der Waals surface area contributed by atoms with Crippen LogP contribution < -0.4 is 4.74 Å². The fraction of sp³-hybridized carbons (Fsp3) is 0.125. The molecule has 0 fully saturated rings. The number of nitro benzene ring substituents is 1. The van der Waals surface area contributed by atoms with Crippen molar-refractivity contribution >= 4 is 17.4 Å². The molecule has 0 spiro atoms. The fourth-order valence-electron chi connectivity index (χ4n) is 1.82. The van der Waals surface area contributed by atoms with Crippen LogP contribution >= 0.6 is 0 Å². The molecule has 0 unspecified atom stereocenters. The molecule has 2 aromatic carbocycles. The zero-order valence-corrected chi connectivity index (χ0v) is 12.2. The SMILES string of the molecule is COc1ccc(C(=O)COC(=O)c2cccc([N+](=O)[O-])c2)cc1. The Morgan fingerprint density at radius 2 is 1.78 bits per heavy atom. The molecule has 0 atom stereocenters. The first-order valence-corrected chi connectivity index (χ1v) is 6.60. The lowest BCUT2D eigenvalue weighted by Gasteiger charge is -2.05. The molecule has 7 heteroatoms. The molecule has 0 radical (unpaired) electrons. The summed E-state index contributed by atoms with van der Waals surface area (Å²) in [6.45, 7) is -0.451. The van der Waals surface area contributed by atoms with Gasteiger partial charge in [0.2, 0.25) is 0 Å². The molecular weight excluding hydrogens is 302 g/mol. The highest BCUT2D eigenvalue weighted by molar-refractivity contribution is 5.99. The second-order valence-corrected chi connectivity index (χ2v) is 4.54. The second-order valence-electron chi connectivity index (χ2n) is 4.54. The Morgan fingerprint density at radius 3 is 2.39 bits per heavy atom. The second kappa shape index (κ2) is 7.17. The number of esters is 1. The number of nitrogens with zero attached hydrogens (tertiary/aromatic N) is 1. The summed E-state index contributed by atoms with van der Waals surface area (Å²) in [4.78, 5) is 33.8. The summed E-state index contributed by atoms with van der Waals surface area (Å²) in [5.41, 5.74) is 0.167. The maximum atomic E-state index is 11.9. The lowest BCUT2D eigenvalue weighted by molar-refractivity contribution is -0.384. The Balaban J connectivity index is 1.99. The number of benzene rings is 2. The highest BCUT2D eigenvalue weighted by Crippen LogP contribution is 2.15. The van der Waals surface area contributed by atoms with Crippen LogP contribution in [0.3, 0.4) is 0 Å².